The molecule has 0 aliphatic carbocycles. The molecule has 0 radical (unpaired) electrons. The van der Waals surface area contributed by atoms with Gasteiger partial charge in [-0.3, -0.25) is 4.90 Å². The Labute approximate surface area is 190 Å². The summed E-state index contributed by atoms with van der Waals surface area (Å²) >= 11 is 1.43. The Bertz CT molecular complexity index is 818. The van der Waals surface area contributed by atoms with Crippen LogP contribution in [0.3, 0.4) is 0 Å². The molecule has 1 aromatic heterocycles. The highest BCUT2D eigenvalue weighted by molar-refractivity contribution is 7.99. The number of piperazine rings is 1. The second-order valence-electron chi connectivity index (χ2n) is 6.32. The number of hydrogen-bond donors (Lipinski definition) is 1. The number of hydrogen-bond acceptors (Lipinski definition) is 6. The Kier molecular flexibility index (Phi) is 10.8. The van der Waals surface area contributed by atoms with E-state index in [4.69, 9.17) is 0 Å². The lowest BCUT2D eigenvalue weighted by Crippen LogP contribution is -2.46. The van der Waals surface area contributed by atoms with E-state index in [-0.39, 0.29) is 30.7 Å². The molecule has 1 saturated heterocycles. The van der Waals surface area contributed by atoms with Crippen LogP contribution in [0.2, 0.25) is 0 Å². The molecule has 0 unspecified atom stereocenters. The number of aromatic nitrogens is 2. The van der Waals surface area contributed by atoms with Gasteiger partial charge in [0, 0.05) is 56.4 Å². The molecule has 1 aliphatic rings. The normalized spacial score (nSPS) is 15.0. The van der Waals surface area contributed by atoms with Crippen molar-refractivity contribution in [3.05, 3.63) is 54.2 Å². The molecule has 0 atom stereocenters. The molecule has 0 bridgehead atoms. The van der Waals surface area contributed by atoms with Crippen LogP contribution in [0.4, 0.5) is 18.9 Å². The molecular formula is C19H23Cl2F3N4OS. The molecule has 0 spiro atoms. The van der Waals surface area contributed by atoms with Crippen molar-refractivity contribution in [2.45, 2.75) is 11.3 Å². The molecule has 3 rings (SSSR count). The number of anilines is 1. The van der Waals surface area contributed by atoms with E-state index in [1.165, 1.54) is 36.2 Å². The summed E-state index contributed by atoms with van der Waals surface area (Å²) < 4.78 is 38.6. The third kappa shape index (κ3) is 7.86. The summed E-state index contributed by atoms with van der Waals surface area (Å²) in [6.07, 6.45) is 1.29. The highest BCUT2D eigenvalue weighted by Crippen LogP contribution is 2.31. The van der Waals surface area contributed by atoms with Crippen LogP contribution in [-0.4, -0.2) is 58.5 Å². The lowest BCUT2D eigenvalue weighted by Gasteiger charge is -2.35. The fourth-order valence-corrected chi connectivity index (χ4v) is 3.56. The SMILES string of the molecule is Cl.Cl.Oc1ccnc(SC/C=C/CN2CCN(c3cccc(C(F)(F)F)c3)CC2)n1. The summed E-state index contributed by atoms with van der Waals surface area (Å²) in [5.74, 6) is 0.660. The molecule has 1 fully saturated rings. The standard InChI is InChI=1S/C19H21F3N4OS.2ClH/c20-19(21,22)15-4-3-5-16(14-15)26-11-9-25(10-12-26)8-1-2-13-28-18-23-7-6-17(27)24-18;;/h1-7,14H,8-13H2,(H,23,24,27);2*1H/b2-1+;;. The van der Waals surface area contributed by atoms with Gasteiger partial charge < -0.3 is 10.0 Å². The number of thioether (sulfide) groups is 1. The fraction of sp³-hybridized carbons (Fsp3) is 0.368. The van der Waals surface area contributed by atoms with Gasteiger partial charge >= 0.3 is 6.18 Å². The van der Waals surface area contributed by atoms with Gasteiger partial charge in [-0.25, -0.2) is 4.98 Å². The van der Waals surface area contributed by atoms with Gasteiger partial charge in [0.25, 0.3) is 0 Å². The predicted octanol–water partition coefficient (Wildman–Crippen LogP) is 4.52. The summed E-state index contributed by atoms with van der Waals surface area (Å²) in [4.78, 5) is 12.2. The number of halogens is 5. The Hall–Kier alpha value is -1.68. The second-order valence-corrected chi connectivity index (χ2v) is 7.30. The van der Waals surface area contributed by atoms with E-state index >= 15 is 0 Å². The second kappa shape index (κ2) is 12.2. The van der Waals surface area contributed by atoms with Crippen LogP contribution >= 0.6 is 36.6 Å². The van der Waals surface area contributed by atoms with Gasteiger partial charge in [-0.1, -0.05) is 30.0 Å². The first-order valence-electron chi connectivity index (χ1n) is 8.86. The zero-order valence-corrected chi connectivity index (χ0v) is 18.4. The zero-order valence-electron chi connectivity index (χ0n) is 16.0. The van der Waals surface area contributed by atoms with Gasteiger partial charge in [0.15, 0.2) is 5.16 Å². The van der Waals surface area contributed by atoms with E-state index in [1.54, 1.807) is 6.07 Å². The van der Waals surface area contributed by atoms with Crippen molar-refractivity contribution < 1.29 is 18.3 Å². The number of alkyl halides is 3. The van der Waals surface area contributed by atoms with E-state index in [9.17, 15) is 18.3 Å². The maximum Gasteiger partial charge on any atom is 0.416 e. The molecule has 5 nitrogen and oxygen atoms in total. The average Bonchev–Trinajstić information content (AvgIpc) is 2.68. The summed E-state index contributed by atoms with van der Waals surface area (Å²) in [7, 11) is 0. The number of aromatic hydroxyl groups is 1. The molecule has 0 saturated carbocycles. The quantitative estimate of drug-likeness (QED) is 0.371. The first-order valence-corrected chi connectivity index (χ1v) is 9.85. The van der Waals surface area contributed by atoms with Gasteiger partial charge in [-0.2, -0.15) is 18.2 Å². The molecule has 11 heteroatoms. The van der Waals surface area contributed by atoms with Crippen LogP contribution in [0.15, 0.2) is 53.8 Å². The molecule has 0 amide bonds. The molecule has 1 N–H and O–H groups in total. The fourth-order valence-electron chi connectivity index (χ4n) is 2.88. The Morgan fingerprint density at radius 2 is 1.80 bits per heavy atom. The predicted molar refractivity (Wildman–Crippen MR) is 118 cm³/mol. The molecule has 1 aliphatic heterocycles. The van der Waals surface area contributed by atoms with Crippen molar-refractivity contribution in [2.75, 3.05) is 43.4 Å². The van der Waals surface area contributed by atoms with Crippen molar-refractivity contribution >= 4 is 42.3 Å². The summed E-state index contributed by atoms with van der Waals surface area (Å²) in [6.45, 7) is 3.77. The minimum absolute atomic E-state index is 0. The summed E-state index contributed by atoms with van der Waals surface area (Å²) in [5, 5.41) is 9.82. The molecule has 2 aromatic rings. The minimum atomic E-state index is -4.32. The van der Waals surface area contributed by atoms with Crippen molar-refractivity contribution in [3.63, 3.8) is 0 Å². The highest BCUT2D eigenvalue weighted by atomic mass is 35.5. The number of benzene rings is 1. The highest BCUT2D eigenvalue weighted by Gasteiger charge is 2.31. The summed E-state index contributed by atoms with van der Waals surface area (Å²) in [5.41, 5.74) is 0.0103. The molecule has 2 heterocycles. The Balaban J connectivity index is 0.00000225. The van der Waals surface area contributed by atoms with Crippen LogP contribution < -0.4 is 4.90 Å². The summed E-state index contributed by atoms with van der Waals surface area (Å²) in [6, 6.07) is 6.94. The Morgan fingerprint density at radius 3 is 2.47 bits per heavy atom. The van der Waals surface area contributed by atoms with E-state index < -0.39 is 11.7 Å². The van der Waals surface area contributed by atoms with Crippen molar-refractivity contribution in [1.29, 1.82) is 0 Å². The average molecular weight is 483 g/mol. The molecule has 166 valence electrons. The van der Waals surface area contributed by atoms with E-state index in [0.29, 0.717) is 29.7 Å². The van der Waals surface area contributed by atoms with Crippen molar-refractivity contribution in [2.24, 2.45) is 0 Å². The van der Waals surface area contributed by atoms with E-state index in [2.05, 4.69) is 20.9 Å². The first kappa shape index (κ1) is 26.4. The largest absolute Gasteiger partial charge is 0.493 e. The maximum atomic E-state index is 12.9. The van der Waals surface area contributed by atoms with Crippen LogP contribution in [0.1, 0.15) is 5.56 Å². The van der Waals surface area contributed by atoms with Crippen LogP contribution in [0.25, 0.3) is 0 Å². The smallest absolute Gasteiger partial charge is 0.416 e. The topological polar surface area (TPSA) is 52.5 Å². The molecule has 1 aromatic carbocycles. The number of rotatable bonds is 6. The van der Waals surface area contributed by atoms with E-state index in [0.717, 1.165) is 25.7 Å². The number of nitrogens with zero attached hydrogens (tertiary/aromatic N) is 4. The van der Waals surface area contributed by atoms with Gasteiger partial charge in [0.2, 0.25) is 5.88 Å². The minimum Gasteiger partial charge on any atom is -0.493 e. The van der Waals surface area contributed by atoms with Gasteiger partial charge in [-0.05, 0) is 18.2 Å². The van der Waals surface area contributed by atoms with E-state index in [1.807, 2.05) is 11.0 Å². The van der Waals surface area contributed by atoms with Crippen LogP contribution in [-0.2, 0) is 6.18 Å². The first-order chi connectivity index (χ1) is 13.4. The van der Waals surface area contributed by atoms with Crippen LogP contribution in [0.5, 0.6) is 5.88 Å². The van der Waals surface area contributed by atoms with Crippen LogP contribution in [0, 0.1) is 0 Å². The monoisotopic (exact) mass is 482 g/mol. The molecular weight excluding hydrogens is 460 g/mol. The lowest BCUT2D eigenvalue weighted by atomic mass is 10.1. The van der Waals surface area contributed by atoms with Crippen molar-refractivity contribution in [1.82, 2.24) is 14.9 Å². The van der Waals surface area contributed by atoms with Crippen molar-refractivity contribution in [3.8, 4) is 5.88 Å². The maximum absolute atomic E-state index is 12.9. The van der Waals surface area contributed by atoms with Gasteiger partial charge in [-0.15, -0.1) is 24.8 Å². The lowest BCUT2D eigenvalue weighted by molar-refractivity contribution is -0.137. The Morgan fingerprint density at radius 1 is 1.07 bits per heavy atom. The zero-order chi connectivity index (χ0) is 20.0. The van der Waals surface area contributed by atoms with Gasteiger partial charge in [0.1, 0.15) is 0 Å². The third-order valence-electron chi connectivity index (χ3n) is 4.37. The molecule has 30 heavy (non-hydrogen) atoms. The third-order valence-corrected chi connectivity index (χ3v) is 5.18. The van der Waals surface area contributed by atoms with Gasteiger partial charge in [0.05, 0.1) is 5.56 Å².